The summed E-state index contributed by atoms with van der Waals surface area (Å²) in [5.41, 5.74) is 0. The molecule has 0 saturated heterocycles. The predicted molar refractivity (Wildman–Crippen MR) is 69.2 cm³/mol. The van der Waals surface area contributed by atoms with Gasteiger partial charge in [-0.15, -0.1) is 0 Å². The van der Waals surface area contributed by atoms with Gasteiger partial charge < -0.3 is 11.3 Å². The van der Waals surface area contributed by atoms with Crippen molar-refractivity contribution in [2.45, 2.75) is 46.0 Å². The van der Waals surface area contributed by atoms with Gasteiger partial charge in [0.15, 0.2) is 5.78 Å². The Bertz CT molecular complexity index is 344. The second-order valence-electron chi connectivity index (χ2n) is 4.73. The largest absolute Gasteiger partial charge is 1.00 e. The van der Waals surface area contributed by atoms with Gasteiger partial charge in [-0.2, -0.15) is 0 Å². The summed E-state index contributed by atoms with van der Waals surface area (Å²) in [6, 6.07) is 0. The molecule has 0 amide bonds. The van der Waals surface area contributed by atoms with E-state index in [1.165, 1.54) is 0 Å². The van der Waals surface area contributed by atoms with Crippen LogP contribution in [0, 0.1) is 11.8 Å². The molecule has 5 heteroatoms. The molecule has 1 aliphatic carbocycles. The van der Waals surface area contributed by atoms with Crippen LogP contribution in [0.4, 0.5) is 0 Å². The van der Waals surface area contributed by atoms with E-state index < -0.39 is 11.9 Å². The molecule has 1 rings (SSSR count). The monoisotopic (exact) mass is 278 g/mol. The standard InChI is InChI=1S/C14H22O4.Na.H/c1-3-5-6-7-10-8-11(15)9-12(16)13(10)14(17)18-4-2;;/h9-10,13,16H,3-8H2,1-2H3;;/q;+1;-1. The number of ether oxygens (including phenoxy) is 1. The van der Waals surface area contributed by atoms with Crippen LogP contribution in [0.5, 0.6) is 0 Å². The summed E-state index contributed by atoms with van der Waals surface area (Å²) in [6.45, 7) is 4.13. The fourth-order valence-corrected chi connectivity index (χ4v) is 2.40. The van der Waals surface area contributed by atoms with Crippen molar-refractivity contribution in [3.63, 3.8) is 0 Å². The molecule has 0 heterocycles. The number of aliphatic hydroxyl groups excluding tert-OH is 1. The van der Waals surface area contributed by atoms with Gasteiger partial charge in [0, 0.05) is 12.5 Å². The molecule has 2 unspecified atom stereocenters. The number of aliphatic hydroxyl groups is 1. The maximum Gasteiger partial charge on any atom is 1.00 e. The van der Waals surface area contributed by atoms with Crippen molar-refractivity contribution in [2.75, 3.05) is 6.61 Å². The van der Waals surface area contributed by atoms with Crippen LogP contribution in [-0.4, -0.2) is 23.5 Å². The Hall–Kier alpha value is -0.320. The van der Waals surface area contributed by atoms with Crippen LogP contribution >= 0.6 is 0 Å². The second-order valence-corrected chi connectivity index (χ2v) is 4.73. The molecular weight excluding hydrogens is 255 g/mol. The molecule has 4 nitrogen and oxygen atoms in total. The first-order valence-electron chi connectivity index (χ1n) is 6.70. The molecule has 0 aromatic carbocycles. The maximum atomic E-state index is 11.8. The normalized spacial score (nSPS) is 22.4. The number of hydrogen-bond acceptors (Lipinski definition) is 4. The van der Waals surface area contributed by atoms with Crippen LogP contribution in [0.25, 0.3) is 0 Å². The number of ketones is 1. The van der Waals surface area contributed by atoms with Crippen molar-refractivity contribution in [1.82, 2.24) is 0 Å². The van der Waals surface area contributed by atoms with Gasteiger partial charge in [-0.25, -0.2) is 0 Å². The summed E-state index contributed by atoms with van der Waals surface area (Å²) in [7, 11) is 0. The van der Waals surface area contributed by atoms with E-state index in [1.54, 1.807) is 6.92 Å². The first-order valence-corrected chi connectivity index (χ1v) is 6.70. The number of rotatable bonds is 6. The van der Waals surface area contributed by atoms with E-state index in [0.717, 1.165) is 31.8 Å². The Morgan fingerprint density at radius 1 is 1.47 bits per heavy atom. The minimum atomic E-state index is -0.653. The van der Waals surface area contributed by atoms with E-state index >= 15 is 0 Å². The van der Waals surface area contributed by atoms with Crippen LogP contribution in [0.3, 0.4) is 0 Å². The summed E-state index contributed by atoms with van der Waals surface area (Å²) < 4.78 is 4.97. The zero-order valence-corrected chi connectivity index (χ0v) is 14.1. The molecule has 104 valence electrons. The minimum Gasteiger partial charge on any atom is -1.00 e. The fourth-order valence-electron chi connectivity index (χ4n) is 2.40. The van der Waals surface area contributed by atoms with Crippen LogP contribution in [0.2, 0.25) is 0 Å². The van der Waals surface area contributed by atoms with Gasteiger partial charge in [-0.3, -0.25) is 9.59 Å². The summed E-state index contributed by atoms with van der Waals surface area (Å²) in [6.07, 6.45) is 5.41. The molecule has 0 saturated carbocycles. The van der Waals surface area contributed by atoms with Gasteiger partial charge in [0.2, 0.25) is 0 Å². The zero-order chi connectivity index (χ0) is 13.5. The SMILES string of the molecule is CCCCCC1CC(=O)C=C(O)C1C(=O)OCC.[H-].[Na+]. The van der Waals surface area contributed by atoms with E-state index in [1.807, 2.05) is 0 Å². The number of carbonyl (C=O) groups excluding carboxylic acids is 2. The van der Waals surface area contributed by atoms with E-state index in [4.69, 9.17) is 4.74 Å². The topological polar surface area (TPSA) is 63.6 Å². The third-order valence-electron chi connectivity index (χ3n) is 3.28. The average molecular weight is 278 g/mol. The number of unbranched alkanes of at least 4 members (excludes halogenated alkanes) is 2. The summed E-state index contributed by atoms with van der Waals surface area (Å²) >= 11 is 0. The number of esters is 1. The number of hydrogen-bond donors (Lipinski definition) is 1. The number of carbonyl (C=O) groups is 2. The van der Waals surface area contributed by atoms with Gasteiger partial charge in [-0.05, 0) is 19.3 Å². The smallest absolute Gasteiger partial charge is 1.00 e. The molecule has 0 fully saturated rings. The maximum absolute atomic E-state index is 11.8. The molecule has 1 N–H and O–H groups in total. The van der Waals surface area contributed by atoms with Crippen molar-refractivity contribution in [3.8, 4) is 0 Å². The van der Waals surface area contributed by atoms with Gasteiger partial charge >= 0.3 is 35.5 Å². The van der Waals surface area contributed by atoms with E-state index in [0.29, 0.717) is 6.42 Å². The van der Waals surface area contributed by atoms with E-state index in [9.17, 15) is 14.7 Å². The van der Waals surface area contributed by atoms with Crippen LogP contribution in [0.15, 0.2) is 11.8 Å². The van der Waals surface area contributed by atoms with Gasteiger partial charge in [0.05, 0.1) is 6.61 Å². The van der Waals surface area contributed by atoms with E-state index in [2.05, 4.69) is 6.92 Å². The predicted octanol–water partition coefficient (Wildman–Crippen LogP) is -0.107. The molecule has 0 spiro atoms. The van der Waals surface area contributed by atoms with Gasteiger partial charge in [0.25, 0.3) is 0 Å². The van der Waals surface area contributed by atoms with Crippen molar-refractivity contribution >= 4 is 11.8 Å². The molecule has 19 heavy (non-hydrogen) atoms. The summed E-state index contributed by atoms with van der Waals surface area (Å²) in [4.78, 5) is 23.3. The quantitative estimate of drug-likeness (QED) is 0.418. The molecule has 2 atom stereocenters. The molecule has 1 aliphatic rings. The third-order valence-corrected chi connectivity index (χ3v) is 3.28. The van der Waals surface area contributed by atoms with Crippen LogP contribution < -0.4 is 29.6 Å². The van der Waals surface area contributed by atoms with Crippen LogP contribution in [0.1, 0.15) is 47.4 Å². The Kier molecular flexibility index (Phi) is 9.40. The van der Waals surface area contributed by atoms with Crippen molar-refractivity contribution < 1.29 is 50.4 Å². The van der Waals surface area contributed by atoms with Gasteiger partial charge in [-0.1, -0.05) is 26.2 Å². The van der Waals surface area contributed by atoms with E-state index in [-0.39, 0.29) is 55.1 Å². The molecular formula is C14H23NaO4. The third kappa shape index (κ3) is 5.67. The van der Waals surface area contributed by atoms with Crippen molar-refractivity contribution in [2.24, 2.45) is 11.8 Å². The Balaban J connectivity index is 0. The first kappa shape index (κ1) is 18.7. The summed E-state index contributed by atoms with van der Waals surface area (Å²) in [5, 5.41) is 9.80. The molecule has 0 bridgehead atoms. The molecule has 0 aromatic heterocycles. The molecule has 0 aliphatic heterocycles. The molecule has 0 radical (unpaired) electrons. The fraction of sp³-hybridized carbons (Fsp3) is 0.714. The first-order chi connectivity index (χ1) is 8.60. The average Bonchev–Trinajstić information content (AvgIpc) is 2.28. The molecule has 0 aromatic rings. The van der Waals surface area contributed by atoms with Gasteiger partial charge in [0.1, 0.15) is 11.7 Å². The Morgan fingerprint density at radius 2 is 2.16 bits per heavy atom. The van der Waals surface area contributed by atoms with Crippen molar-refractivity contribution in [3.05, 3.63) is 11.8 Å². The second kappa shape index (κ2) is 9.56. The van der Waals surface area contributed by atoms with Crippen LogP contribution in [-0.2, 0) is 14.3 Å². The Labute approximate surface area is 138 Å². The number of allylic oxidation sites excluding steroid dienone is 1. The Morgan fingerprint density at radius 3 is 2.74 bits per heavy atom. The summed E-state index contributed by atoms with van der Waals surface area (Å²) in [5.74, 6) is -1.42. The minimum absolute atomic E-state index is 0. The van der Waals surface area contributed by atoms with Crippen molar-refractivity contribution in [1.29, 1.82) is 0 Å². The zero-order valence-electron chi connectivity index (χ0n) is 13.1.